The van der Waals surface area contributed by atoms with Gasteiger partial charge in [-0.25, -0.2) is 0 Å². The molecule has 51 heavy (non-hydrogen) atoms. The van der Waals surface area contributed by atoms with Gasteiger partial charge in [0, 0.05) is 60.0 Å². The molecule has 257 valence electrons. The molecule has 0 spiro atoms. The maximum atomic E-state index is 12.6. The summed E-state index contributed by atoms with van der Waals surface area (Å²) in [5, 5.41) is 10.7. The van der Waals surface area contributed by atoms with Gasteiger partial charge in [0.2, 0.25) is 0 Å². The Morgan fingerprint density at radius 1 is 0.941 bits per heavy atom. The predicted molar refractivity (Wildman–Crippen MR) is 203 cm³/mol. The molecule has 4 heterocycles. The van der Waals surface area contributed by atoms with Crippen molar-refractivity contribution >= 4 is 30.0 Å². The number of nitrogens with zero attached hydrogens (tertiary/aromatic N) is 3. The third-order valence-electron chi connectivity index (χ3n) is 9.39. The molecular weight excluding hydrogens is 826 g/mol. The maximum Gasteiger partial charge on any atom is 0.122 e. The van der Waals surface area contributed by atoms with Crippen molar-refractivity contribution in [1.29, 1.82) is 5.26 Å². The molecule has 0 atom stereocenters. The summed E-state index contributed by atoms with van der Waals surface area (Å²) in [6.07, 6.45) is 4.81. The molecule has 1 saturated heterocycles. The van der Waals surface area contributed by atoms with Crippen LogP contribution in [0.2, 0.25) is 25.2 Å². The van der Waals surface area contributed by atoms with Crippen LogP contribution in [0.5, 0.6) is 0 Å². The Kier molecular flexibility index (Phi) is 8.07. The number of nitriles is 1. The molecule has 1 fully saturated rings. The number of furan rings is 1. The van der Waals surface area contributed by atoms with Crippen molar-refractivity contribution in [3.63, 3.8) is 0 Å². The first-order valence-electron chi connectivity index (χ1n) is 20.5. The molecule has 7 aromatic rings. The van der Waals surface area contributed by atoms with Gasteiger partial charge in [-0.15, -0.1) is 48.0 Å². The summed E-state index contributed by atoms with van der Waals surface area (Å²) in [6, 6.07) is 31.6. The quantitative estimate of drug-likeness (QED) is 0.131. The van der Waals surface area contributed by atoms with Crippen molar-refractivity contribution in [2.75, 3.05) is 0 Å². The summed E-state index contributed by atoms with van der Waals surface area (Å²) in [7, 11) is -1.26. The second kappa shape index (κ2) is 15.2. The van der Waals surface area contributed by atoms with Crippen molar-refractivity contribution in [2.24, 2.45) is 0 Å². The molecule has 8 rings (SSSR count). The van der Waals surface area contributed by atoms with Gasteiger partial charge in [-0.1, -0.05) is 78.6 Å². The van der Waals surface area contributed by atoms with Crippen LogP contribution in [0, 0.1) is 43.0 Å². The summed E-state index contributed by atoms with van der Waals surface area (Å²) in [5.74, 6) is -0.122. The predicted octanol–water partition coefficient (Wildman–Crippen LogP) is 11.9. The number of fused-ring (bicyclic) bond motifs is 3. The number of hydrogen-bond donors (Lipinski definition) is 0. The largest absolute Gasteiger partial charge is 0.501 e. The molecule has 0 saturated carbocycles. The Labute approximate surface area is 325 Å². The van der Waals surface area contributed by atoms with Gasteiger partial charge in [0.1, 0.15) is 5.58 Å². The molecular formula is C44H38FIrN3OSi-2. The smallest absolute Gasteiger partial charge is 0.122 e. The van der Waals surface area contributed by atoms with Gasteiger partial charge in [-0.05, 0) is 89.8 Å². The Balaban J connectivity index is 0.000000354. The van der Waals surface area contributed by atoms with Crippen LogP contribution in [-0.2, 0) is 20.1 Å². The van der Waals surface area contributed by atoms with Crippen LogP contribution in [0.4, 0.5) is 4.39 Å². The van der Waals surface area contributed by atoms with E-state index in [1.54, 1.807) is 48.7 Å². The molecule has 0 N–H and O–H groups in total. The van der Waals surface area contributed by atoms with Crippen LogP contribution in [-0.4, -0.2) is 18.0 Å². The Morgan fingerprint density at radius 2 is 1.78 bits per heavy atom. The molecule has 1 aliphatic heterocycles. The SMILES string of the molecule is Fc1c[c-]c(-c2ccccn2)cc1.[2H]c1cc(C2CC[Si](C)(C)CC2)cc(C([2H])([2H])[2H])c1-c1cc(-c2[c-]ccc3c2oc2c([2H])c(C#N)ccc23)ncc1C([2H])([2H])[2H].[Ir]. The molecule has 1 aliphatic rings. The van der Waals surface area contributed by atoms with Crippen LogP contribution < -0.4 is 0 Å². The molecule has 0 unspecified atom stereocenters. The van der Waals surface area contributed by atoms with Gasteiger partial charge in [-0.3, -0.25) is 4.39 Å². The Bertz CT molecular complexity index is 2690. The van der Waals surface area contributed by atoms with E-state index in [2.05, 4.69) is 35.2 Å². The van der Waals surface area contributed by atoms with Gasteiger partial charge < -0.3 is 14.4 Å². The van der Waals surface area contributed by atoms with Gasteiger partial charge >= 0.3 is 0 Å². The summed E-state index contributed by atoms with van der Waals surface area (Å²) in [5.41, 5.74) is 3.74. The molecule has 0 aliphatic carbocycles. The fourth-order valence-electron chi connectivity index (χ4n) is 6.52. The average molecular weight is 872 g/mol. The van der Waals surface area contributed by atoms with E-state index in [4.69, 9.17) is 15.4 Å². The molecule has 4 nitrogen and oxygen atoms in total. The van der Waals surface area contributed by atoms with E-state index in [-0.39, 0.29) is 83.0 Å². The molecule has 4 aromatic carbocycles. The van der Waals surface area contributed by atoms with E-state index in [0.717, 1.165) is 41.8 Å². The van der Waals surface area contributed by atoms with Crippen molar-refractivity contribution in [3.05, 3.63) is 144 Å². The first kappa shape index (κ1) is 27.0. The standard InChI is InChI=1S/C33H31N2OSi.C11H7FN.Ir/c1-21-16-25(24-12-14-37(3,4)15-13-24)9-11-26(21)30-18-31(35-20-22(30)2)29-7-5-6-28-27-10-8-23(19-34)17-32(27)36-33(28)29;12-10-6-4-9(5-7-10)11-3-1-2-8-13-11;/h5-6,8-11,16-18,20,24H,12-15H2,1-4H3;1-4,6-8H;/q2*-1;/i1D3,2D3,11D,17D;;. The number of benzene rings is 4. The second-order valence-corrected chi connectivity index (χ2v) is 18.7. The third kappa shape index (κ3) is 7.79. The van der Waals surface area contributed by atoms with Crippen LogP contribution in [0.3, 0.4) is 0 Å². The number of aryl methyl sites for hydroxylation is 2. The monoisotopic (exact) mass is 872 g/mol. The first-order valence-corrected chi connectivity index (χ1v) is 19.9. The van der Waals surface area contributed by atoms with Crippen LogP contribution >= 0.6 is 0 Å². The molecule has 0 amide bonds. The van der Waals surface area contributed by atoms with Crippen molar-refractivity contribution in [1.82, 2.24) is 9.97 Å². The third-order valence-corrected chi connectivity index (χ3v) is 12.7. The van der Waals surface area contributed by atoms with E-state index in [9.17, 15) is 9.65 Å². The van der Waals surface area contributed by atoms with E-state index in [1.807, 2.05) is 24.3 Å². The summed E-state index contributed by atoms with van der Waals surface area (Å²) in [6.45, 7) is -0.508. The molecule has 7 heteroatoms. The number of rotatable bonds is 4. The minimum atomic E-state index is -2.64. The minimum Gasteiger partial charge on any atom is -0.501 e. The molecule has 1 radical (unpaired) electrons. The van der Waals surface area contributed by atoms with Crippen LogP contribution in [0.1, 0.15) is 52.0 Å². The zero-order chi connectivity index (χ0) is 41.6. The fraction of sp³-hybridized carbons (Fsp3) is 0.205. The Morgan fingerprint density at radius 3 is 2.51 bits per heavy atom. The van der Waals surface area contributed by atoms with Gasteiger partial charge in [0.05, 0.1) is 20.0 Å². The normalized spacial score (nSPS) is 16.7. The van der Waals surface area contributed by atoms with E-state index in [1.165, 1.54) is 24.4 Å². The number of halogens is 1. The van der Waals surface area contributed by atoms with Crippen molar-refractivity contribution in [3.8, 4) is 39.7 Å². The van der Waals surface area contributed by atoms with Crippen molar-refractivity contribution in [2.45, 2.75) is 57.6 Å². The summed E-state index contributed by atoms with van der Waals surface area (Å²) < 4.78 is 86.3. The Hall–Kier alpha value is -4.73. The van der Waals surface area contributed by atoms with E-state index in [0.29, 0.717) is 21.9 Å². The van der Waals surface area contributed by atoms with Crippen LogP contribution in [0.25, 0.3) is 55.6 Å². The minimum absolute atomic E-state index is 0. The van der Waals surface area contributed by atoms with E-state index >= 15 is 0 Å². The summed E-state index contributed by atoms with van der Waals surface area (Å²) in [4.78, 5) is 8.58. The topological polar surface area (TPSA) is 62.7 Å². The molecule has 3 aromatic heterocycles. The summed E-state index contributed by atoms with van der Waals surface area (Å²) >= 11 is 0. The van der Waals surface area contributed by atoms with E-state index < -0.39 is 21.8 Å². The first-order chi connectivity index (χ1) is 27.4. The number of hydrogen-bond acceptors (Lipinski definition) is 4. The number of pyridine rings is 2. The van der Waals surface area contributed by atoms with Crippen LogP contribution in [0.15, 0.2) is 108 Å². The van der Waals surface area contributed by atoms with Gasteiger partial charge in [0.15, 0.2) is 0 Å². The maximum absolute atomic E-state index is 12.6. The molecule has 0 bridgehead atoms. The van der Waals surface area contributed by atoms with Gasteiger partial charge in [-0.2, -0.15) is 5.26 Å². The van der Waals surface area contributed by atoms with Crippen molar-refractivity contribution < 1.29 is 39.9 Å². The zero-order valence-corrected chi connectivity index (χ0v) is 31.4. The van der Waals surface area contributed by atoms with Gasteiger partial charge in [0.25, 0.3) is 0 Å². The number of aromatic nitrogens is 2. The fourth-order valence-corrected chi connectivity index (χ4v) is 9.03. The zero-order valence-electron chi connectivity index (χ0n) is 36.0. The second-order valence-electron chi connectivity index (χ2n) is 13.3. The average Bonchev–Trinajstić information content (AvgIpc) is 3.58.